The predicted octanol–water partition coefficient (Wildman–Crippen LogP) is 7.52. The van der Waals surface area contributed by atoms with Crippen molar-refractivity contribution in [3.63, 3.8) is 0 Å². The van der Waals surface area contributed by atoms with E-state index in [0.29, 0.717) is 16.8 Å². The van der Waals surface area contributed by atoms with Gasteiger partial charge in [-0.25, -0.2) is 0 Å². The van der Waals surface area contributed by atoms with Crippen LogP contribution >= 0.6 is 35.0 Å². The average molecular weight is 553 g/mol. The molecule has 7 heteroatoms. The first-order valence-corrected chi connectivity index (χ1v) is 14.4. The molecule has 192 valence electrons. The zero-order chi connectivity index (χ0) is 25.6. The van der Waals surface area contributed by atoms with Crippen LogP contribution in [0.5, 0.6) is 0 Å². The molecule has 37 heavy (non-hydrogen) atoms. The van der Waals surface area contributed by atoms with Crippen LogP contribution in [0.4, 0.5) is 0 Å². The number of nitrogens with one attached hydrogen (secondary N) is 1. The van der Waals surface area contributed by atoms with Crippen molar-refractivity contribution in [2.75, 3.05) is 19.6 Å². The fraction of sp³-hybridized carbons (Fsp3) is 0.300. The number of fused-ring (bicyclic) bond motifs is 1. The summed E-state index contributed by atoms with van der Waals surface area (Å²) in [6.45, 7) is 4.68. The van der Waals surface area contributed by atoms with Crippen molar-refractivity contribution in [3.8, 4) is 0 Å². The van der Waals surface area contributed by atoms with Crippen molar-refractivity contribution in [1.29, 1.82) is 0 Å². The highest BCUT2D eigenvalue weighted by Crippen LogP contribution is 2.31. The van der Waals surface area contributed by atoms with Gasteiger partial charge in [0.2, 0.25) is 0 Å². The number of carbonyl (C=O) groups is 1. The number of aromatic nitrogens is 1. The van der Waals surface area contributed by atoms with Crippen LogP contribution in [-0.2, 0) is 13.1 Å². The normalized spacial score (nSPS) is 14.8. The van der Waals surface area contributed by atoms with Crippen molar-refractivity contribution in [3.05, 3.63) is 100 Å². The molecule has 0 radical (unpaired) electrons. The van der Waals surface area contributed by atoms with Crippen molar-refractivity contribution in [1.82, 2.24) is 14.8 Å². The van der Waals surface area contributed by atoms with Gasteiger partial charge in [-0.15, -0.1) is 11.8 Å². The number of aryl methyl sites for hydroxylation is 1. The lowest BCUT2D eigenvalue weighted by Gasteiger charge is -2.31. The van der Waals surface area contributed by atoms with Crippen LogP contribution in [0.2, 0.25) is 10.0 Å². The van der Waals surface area contributed by atoms with E-state index in [1.165, 1.54) is 17.7 Å². The minimum absolute atomic E-state index is 0.0600. The standard InChI is InChI=1S/C30H31Cl2N3OS/c31-23-9-11-25(12-10-23)37-26-13-17-34(18-14-26)15-4-16-35-21-28(27-7-1-2-8-29(27)35)30(36)33-20-22-5-3-6-24(32)19-22/h1-3,5-12,19,21,26H,4,13-18,20H2,(H,33,36). The number of rotatable bonds is 9. The lowest BCUT2D eigenvalue weighted by molar-refractivity contribution is 0.0952. The topological polar surface area (TPSA) is 37.3 Å². The van der Waals surface area contributed by atoms with Gasteiger partial charge in [0.1, 0.15) is 0 Å². The van der Waals surface area contributed by atoms with Crippen molar-refractivity contribution >= 4 is 51.8 Å². The first kappa shape index (κ1) is 26.2. The second kappa shape index (κ2) is 12.4. The van der Waals surface area contributed by atoms with E-state index in [9.17, 15) is 4.79 Å². The summed E-state index contributed by atoms with van der Waals surface area (Å²) in [4.78, 5) is 16.9. The molecular weight excluding hydrogens is 521 g/mol. The summed E-state index contributed by atoms with van der Waals surface area (Å²) in [6.07, 6.45) is 5.47. The molecule has 4 aromatic rings. The third-order valence-corrected chi connectivity index (χ3v) is 8.74. The maximum atomic E-state index is 13.1. The molecule has 4 nitrogen and oxygen atoms in total. The Kier molecular flexibility index (Phi) is 8.78. The fourth-order valence-electron chi connectivity index (χ4n) is 4.96. The molecule has 1 N–H and O–H groups in total. The molecule has 0 spiro atoms. The van der Waals surface area contributed by atoms with Crippen LogP contribution in [0.1, 0.15) is 35.2 Å². The minimum Gasteiger partial charge on any atom is -0.348 e. The maximum Gasteiger partial charge on any atom is 0.253 e. The summed E-state index contributed by atoms with van der Waals surface area (Å²) in [7, 11) is 0. The molecule has 0 atom stereocenters. The van der Waals surface area contributed by atoms with E-state index in [-0.39, 0.29) is 5.91 Å². The van der Waals surface area contributed by atoms with Crippen LogP contribution < -0.4 is 5.32 Å². The molecular formula is C30H31Cl2N3OS. The number of thioether (sulfide) groups is 1. The number of amides is 1. The van der Waals surface area contributed by atoms with E-state index in [4.69, 9.17) is 23.2 Å². The van der Waals surface area contributed by atoms with Crippen molar-refractivity contribution in [2.24, 2.45) is 0 Å². The summed E-state index contributed by atoms with van der Waals surface area (Å²) in [5.74, 6) is -0.0600. The summed E-state index contributed by atoms with van der Waals surface area (Å²) >= 11 is 14.1. The van der Waals surface area contributed by atoms with Crippen LogP contribution in [0, 0.1) is 0 Å². The van der Waals surface area contributed by atoms with Gasteiger partial charge >= 0.3 is 0 Å². The Labute approximate surface area is 232 Å². The highest BCUT2D eigenvalue weighted by Gasteiger charge is 2.20. The summed E-state index contributed by atoms with van der Waals surface area (Å²) in [5, 5.41) is 6.18. The average Bonchev–Trinajstić information content (AvgIpc) is 3.28. The molecule has 1 saturated heterocycles. The van der Waals surface area contributed by atoms with Crippen LogP contribution in [0.3, 0.4) is 0 Å². The van der Waals surface area contributed by atoms with Crippen molar-refractivity contribution in [2.45, 2.75) is 42.5 Å². The second-order valence-electron chi connectivity index (χ2n) is 9.53. The number of benzene rings is 3. The van der Waals surface area contributed by atoms with Gasteiger partial charge in [-0.05, 0) is 86.9 Å². The number of carbonyl (C=O) groups excluding carboxylic acids is 1. The zero-order valence-corrected chi connectivity index (χ0v) is 23.0. The third kappa shape index (κ3) is 6.91. The molecule has 3 aromatic carbocycles. The first-order valence-electron chi connectivity index (χ1n) is 12.8. The number of likely N-dealkylation sites (tertiary alicyclic amines) is 1. The van der Waals surface area contributed by atoms with E-state index in [1.54, 1.807) is 0 Å². The zero-order valence-electron chi connectivity index (χ0n) is 20.7. The number of hydrogen-bond acceptors (Lipinski definition) is 3. The van der Waals surface area contributed by atoms with E-state index in [1.807, 2.05) is 72.6 Å². The van der Waals surface area contributed by atoms with Crippen molar-refractivity contribution < 1.29 is 4.79 Å². The largest absolute Gasteiger partial charge is 0.348 e. The van der Waals surface area contributed by atoms with Gasteiger partial charge < -0.3 is 14.8 Å². The molecule has 5 rings (SSSR count). The maximum absolute atomic E-state index is 13.1. The van der Waals surface area contributed by atoms with Gasteiger partial charge in [-0.3, -0.25) is 4.79 Å². The predicted molar refractivity (Wildman–Crippen MR) is 156 cm³/mol. The Morgan fingerprint density at radius 1 is 0.919 bits per heavy atom. The summed E-state index contributed by atoms with van der Waals surface area (Å²) < 4.78 is 2.23. The van der Waals surface area contributed by atoms with E-state index >= 15 is 0 Å². The monoisotopic (exact) mass is 551 g/mol. The van der Waals surface area contributed by atoms with Gasteiger partial charge in [0.05, 0.1) is 5.56 Å². The number of halogens is 2. The molecule has 0 bridgehead atoms. The van der Waals surface area contributed by atoms with Gasteiger partial charge in [-0.1, -0.05) is 53.5 Å². The minimum atomic E-state index is -0.0600. The second-order valence-corrected chi connectivity index (χ2v) is 11.8. The Bertz CT molecular complexity index is 1350. The first-order chi connectivity index (χ1) is 18.0. The van der Waals surface area contributed by atoms with Crippen LogP contribution in [-0.4, -0.2) is 40.3 Å². The molecule has 1 amide bonds. The molecule has 0 aliphatic carbocycles. The Morgan fingerprint density at radius 2 is 1.70 bits per heavy atom. The van der Waals surface area contributed by atoms with E-state index in [0.717, 1.165) is 59.7 Å². The highest BCUT2D eigenvalue weighted by molar-refractivity contribution is 8.00. The highest BCUT2D eigenvalue weighted by atomic mass is 35.5. The van der Waals surface area contributed by atoms with Crippen LogP contribution in [0.25, 0.3) is 10.9 Å². The quantitative estimate of drug-likeness (QED) is 0.233. The molecule has 0 saturated carbocycles. The lowest BCUT2D eigenvalue weighted by Crippen LogP contribution is -2.35. The molecule has 0 unspecified atom stereocenters. The number of para-hydroxylation sites is 1. The molecule has 1 aliphatic heterocycles. The Balaban J connectivity index is 1.13. The Hall–Kier alpha value is -2.44. The van der Waals surface area contributed by atoms with Crippen LogP contribution in [0.15, 0.2) is 83.9 Å². The molecule has 1 aromatic heterocycles. The van der Waals surface area contributed by atoms with E-state index in [2.05, 4.69) is 33.0 Å². The number of piperidine rings is 1. The fourth-order valence-corrected chi connectivity index (χ4v) is 6.42. The number of hydrogen-bond donors (Lipinski definition) is 1. The Morgan fingerprint density at radius 3 is 2.49 bits per heavy atom. The SMILES string of the molecule is O=C(NCc1cccc(Cl)c1)c1cn(CCCN2CCC(Sc3ccc(Cl)cc3)CC2)c2ccccc12. The summed E-state index contributed by atoms with van der Waals surface area (Å²) in [5.41, 5.74) is 2.81. The summed E-state index contributed by atoms with van der Waals surface area (Å²) in [6, 6.07) is 23.9. The van der Waals surface area contributed by atoms with Gasteiger partial charge in [0.25, 0.3) is 5.91 Å². The van der Waals surface area contributed by atoms with Gasteiger partial charge in [0, 0.05) is 50.4 Å². The smallest absolute Gasteiger partial charge is 0.253 e. The molecule has 1 aliphatic rings. The molecule has 1 fully saturated rings. The lowest BCUT2D eigenvalue weighted by atomic mass is 10.1. The molecule has 2 heterocycles. The van der Waals surface area contributed by atoms with Gasteiger partial charge in [-0.2, -0.15) is 0 Å². The van der Waals surface area contributed by atoms with Gasteiger partial charge in [0.15, 0.2) is 0 Å². The third-order valence-electron chi connectivity index (χ3n) is 6.90. The van der Waals surface area contributed by atoms with E-state index < -0.39 is 0 Å². The number of nitrogens with zero attached hydrogens (tertiary/aromatic N) is 2.